The lowest BCUT2D eigenvalue weighted by Gasteiger charge is -2.29. The van der Waals surface area contributed by atoms with Crippen LogP contribution in [0.5, 0.6) is 0 Å². The van der Waals surface area contributed by atoms with Crippen molar-refractivity contribution in [3.63, 3.8) is 0 Å². The molecule has 3 heteroatoms. The summed E-state index contributed by atoms with van der Waals surface area (Å²) < 4.78 is 4.78. The molecule has 0 fully saturated rings. The van der Waals surface area contributed by atoms with Gasteiger partial charge in [-0.15, -0.1) is 0 Å². The molecule has 0 radical (unpaired) electrons. The summed E-state index contributed by atoms with van der Waals surface area (Å²) in [5, 5.41) is 4.90. The van der Waals surface area contributed by atoms with E-state index in [2.05, 4.69) is 287 Å². The summed E-state index contributed by atoms with van der Waals surface area (Å²) in [6.45, 7) is 0. The molecular formula is C66H45N3. The van der Waals surface area contributed by atoms with Gasteiger partial charge in [0, 0.05) is 49.9 Å². The van der Waals surface area contributed by atoms with Crippen LogP contribution in [0.4, 0.5) is 17.1 Å². The molecule has 0 atom stereocenters. The van der Waals surface area contributed by atoms with Crippen LogP contribution in [0.2, 0.25) is 0 Å². The van der Waals surface area contributed by atoms with Crippen molar-refractivity contribution < 1.29 is 0 Å². The van der Waals surface area contributed by atoms with Gasteiger partial charge in [-0.2, -0.15) is 0 Å². The summed E-state index contributed by atoms with van der Waals surface area (Å²) in [5.74, 6) is 0. The van der Waals surface area contributed by atoms with Crippen LogP contribution in [0.3, 0.4) is 0 Å². The average Bonchev–Trinajstić information content (AvgIpc) is 3.95. The standard InChI is InChI=1S/C66H45N3/c1-4-21-46(22-5-1)52-27-10-11-28-54(52)55-29-12-13-30-56(55)57-31-14-17-35-61(57)67(51-43-44-64-60(45-51)58-32-15-18-36-62(58)68(64)48-23-6-2-7-24-48)50-41-39-47(40-42-50)53-34-20-38-65-66(53)59-33-16-19-37-63(59)69(65)49-25-8-3-9-26-49/h1-45H. The van der Waals surface area contributed by atoms with Gasteiger partial charge < -0.3 is 14.0 Å². The first-order valence-corrected chi connectivity index (χ1v) is 23.7. The van der Waals surface area contributed by atoms with E-state index in [1.165, 1.54) is 77.0 Å². The fourth-order valence-corrected chi connectivity index (χ4v) is 10.7. The Morgan fingerprint density at radius 1 is 0.246 bits per heavy atom. The SMILES string of the molecule is c1ccc(-c2ccccc2-c2ccccc2-c2ccccc2N(c2ccc(-c3cccc4c3c3ccccc3n4-c3ccccc3)cc2)c2ccc3c(c2)c2ccccc2n3-c2ccccc2)cc1. The van der Waals surface area contributed by atoms with E-state index >= 15 is 0 Å². The van der Waals surface area contributed by atoms with E-state index in [0.717, 1.165) is 39.6 Å². The van der Waals surface area contributed by atoms with E-state index in [4.69, 9.17) is 0 Å². The van der Waals surface area contributed by atoms with Crippen LogP contribution in [-0.4, -0.2) is 9.13 Å². The summed E-state index contributed by atoms with van der Waals surface area (Å²) in [4.78, 5) is 2.45. The molecule has 2 aromatic heterocycles. The van der Waals surface area contributed by atoms with Crippen LogP contribution >= 0.6 is 0 Å². The molecule has 324 valence electrons. The van der Waals surface area contributed by atoms with E-state index in [9.17, 15) is 0 Å². The van der Waals surface area contributed by atoms with Gasteiger partial charge in [0.1, 0.15) is 0 Å². The quantitative estimate of drug-likeness (QED) is 0.141. The van der Waals surface area contributed by atoms with Gasteiger partial charge in [0.2, 0.25) is 0 Å². The lowest BCUT2D eigenvalue weighted by molar-refractivity contribution is 1.18. The van der Waals surface area contributed by atoms with Crippen molar-refractivity contribution in [3.8, 4) is 55.9 Å². The molecule has 69 heavy (non-hydrogen) atoms. The number of para-hydroxylation sites is 5. The first-order valence-electron chi connectivity index (χ1n) is 23.7. The number of hydrogen-bond donors (Lipinski definition) is 0. The third-order valence-corrected chi connectivity index (χ3v) is 13.7. The van der Waals surface area contributed by atoms with Crippen LogP contribution < -0.4 is 4.90 Å². The molecule has 13 rings (SSSR count). The van der Waals surface area contributed by atoms with E-state index in [1.54, 1.807) is 0 Å². The van der Waals surface area contributed by atoms with Crippen molar-refractivity contribution in [1.29, 1.82) is 0 Å². The molecule has 3 nitrogen and oxygen atoms in total. The van der Waals surface area contributed by atoms with Crippen molar-refractivity contribution in [2.75, 3.05) is 4.90 Å². The minimum absolute atomic E-state index is 1.07. The number of nitrogens with zero attached hydrogens (tertiary/aromatic N) is 3. The molecule has 0 amide bonds. The third kappa shape index (κ3) is 6.82. The monoisotopic (exact) mass is 879 g/mol. The largest absolute Gasteiger partial charge is 0.310 e. The second kappa shape index (κ2) is 16.9. The maximum atomic E-state index is 2.45. The Labute approximate surface area is 401 Å². The van der Waals surface area contributed by atoms with Crippen LogP contribution in [0.25, 0.3) is 99.5 Å². The highest BCUT2D eigenvalue weighted by molar-refractivity contribution is 6.16. The smallest absolute Gasteiger partial charge is 0.0547 e. The molecule has 0 bridgehead atoms. The number of hydrogen-bond acceptors (Lipinski definition) is 1. The van der Waals surface area contributed by atoms with Crippen LogP contribution in [0, 0.1) is 0 Å². The molecule has 0 spiro atoms. The summed E-state index contributed by atoms with van der Waals surface area (Å²) in [6.07, 6.45) is 0. The lowest BCUT2D eigenvalue weighted by Crippen LogP contribution is -2.11. The third-order valence-electron chi connectivity index (χ3n) is 13.7. The maximum absolute atomic E-state index is 2.45. The predicted molar refractivity (Wildman–Crippen MR) is 292 cm³/mol. The van der Waals surface area contributed by atoms with Crippen molar-refractivity contribution in [2.45, 2.75) is 0 Å². The Bertz CT molecular complexity index is 4000. The fraction of sp³-hybridized carbons (Fsp3) is 0. The van der Waals surface area contributed by atoms with Gasteiger partial charge in [0.25, 0.3) is 0 Å². The Kier molecular flexibility index (Phi) is 9.84. The molecule has 0 N–H and O–H groups in total. The summed E-state index contributed by atoms with van der Waals surface area (Å²) in [6, 6.07) is 99.1. The van der Waals surface area contributed by atoms with E-state index in [-0.39, 0.29) is 0 Å². The van der Waals surface area contributed by atoms with Crippen LogP contribution in [0.15, 0.2) is 273 Å². The Balaban J connectivity index is 1.02. The predicted octanol–water partition coefficient (Wildman–Crippen LogP) is 18.0. The second-order valence-electron chi connectivity index (χ2n) is 17.6. The maximum Gasteiger partial charge on any atom is 0.0547 e. The first kappa shape index (κ1) is 40.1. The van der Waals surface area contributed by atoms with Gasteiger partial charge in [-0.05, 0) is 118 Å². The van der Waals surface area contributed by atoms with Crippen molar-refractivity contribution in [2.24, 2.45) is 0 Å². The molecule has 0 saturated heterocycles. The molecule has 0 unspecified atom stereocenters. The molecule has 0 aliphatic rings. The van der Waals surface area contributed by atoms with Crippen molar-refractivity contribution >= 4 is 60.7 Å². The Morgan fingerprint density at radius 2 is 0.681 bits per heavy atom. The lowest BCUT2D eigenvalue weighted by atomic mass is 9.88. The molecule has 0 saturated carbocycles. The summed E-state index contributed by atoms with van der Waals surface area (Å²) in [7, 11) is 0. The first-order chi connectivity index (χ1) is 34.3. The topological polar surface area (TPSA) is 13.1 Å². The summed E-state index contributed by atoms with van der Waals surface area (Å²) >= 11 is 0. The zero-order valence-electron chi connectivity index (χ0n) is 37.8. The average molecular weight is 880 g/mol. The second-order valence-corrected chi connectivity index (χ2v) is 17.6. The van der Waals surface area contributed by atoms with Crippen molar-refractivity contribution in [1.82, 2.24) is 9.13 Å². The van der Waals surface area contributed by atoms with E-state index in [1.807, 2.05) is 0 Å². The van der Waals surface area contributed by atoms with Crippen LogP contribution in [-0.2, 0) is 0 Å². The fourth-order valence-electron chi connectivity index (χ4n) is 10.7. The molecule has 0 aliphatic carbocycles. The van der Waals surface area contributed by atoms with Gasteiger partial charge in [-0.1, -0.05) is 194 Å². The van der Waals surface area contributed by atoms with E-state index < -0.39 is 0 Å². The normalized spacial score (nSPS) is 11.5. The molecule has 13 aromatic rings. The molecular weight excluding hydrogens is 835 g/mol. The van der Waals surface area contributed by atoms with E-state index in [0.29, 0.717) is 0 Å². The number of anilines is 3. The minimum Gasteiger partial charge on any atom is -0.310 e. The highest BCUT2D eigenvalue weighted by Crippen LogP contribution is 2.47. The van der Waals surface area contributed by atoms with Crippen molar-refractivity contribution in [3.05, 3.63) is 273 Å². The van der Waals surface area contributed by atoms with Gasteiger partial charge in [0.05, 0.1) is 27.8 Å². The zero-order valence-corrected chi connectivity index (χ0v) is 37.8. The highest BCUT2D eigenvalue weighted by atomic mass is 15.1. The van der Waals surface area contributed by atoms with Gasteiger partial charge in [0.15, 0.2) is 0 Å². The molecule has 0 aliphatic heterocycles. The molecule has 2 heterocycles. The zero-order chi connectivity index (χ0) is 45.7. The number of benzene rings is 11. The van der Waals surface area contributed by atoms with Gasteiger partial charge in [-0.25, -0.2) is 0 Å². The van der Waals surface area contributed by atoms with Gasteiger partial charge >= 0.3 is 0 Å². The summed E-state index contributed by atoms with van der Waals surface area (Å²) in [5.41, 5.74) is 19.7. The number of rotatable bonds is 9. The highest BCUT2D eigenvalue weighted by Gasteiger charge is 2.23. The van der Waals surface area contributed by atoms with Gasteiger partial charge in [-0.3, -0.25) is 0 Å². The minimum atomic E-state index is 1.07. The Hall–Kier alpha value is -9.18. The Morgan fingerprint density at radius 3 is 1.36 bits per heavy atom. The molecule has 11 aromatic carbocycles. The number of fused-ring (bicyclic) bond motifs is 6. The van der Waals surface area contributed by atoms with Crippen LogP contribution in [0.1, 0.15) is 0 Å². The number of aromatic nitrogens is 2.